The van der Waals surface area contributed by atoms with Gasteiger partial charge in [-0.05, 0) is 48.2 Å². The SMILES string of the molecule is Cc1cc(Oc2c(C(C)C)c(=O)[nH]c(=O)n2Cc2ccncc2)cc(C2OCCO2)c1. The lowest BCUT2D eigenvalue weighted by atomic mass is 10.1. The third-order valence-electron chi connectivity index (χ3n) is 5.03. The number of benzene rings is 1. The Labute approximate surface area is 179 Å². The Bertz CT molecular complexity index is 1180. The number of ether oxygens (including phenoxy) is 3. The predicted octanol–water partition coefficient (Wildman–Crippen LogP) is 3.25. The summed E-state index contributed by atoms with van der Waals surface area (Å²) in [7, 11) is 0. The topological polar surface area (TPSA) is 95.4 Å². The van der Waals surface area contributed by atoms with Gasteiger partial charge < -0.3 is 14.2 Å². The number of nitrogens with one attached hydrogen (secondary N) is 1. The maximum absolute atomic E-state index is 12.7. The van der Waals surface area contributed by atoms with Crippen LogP contribution in [0.1, 0.15) is 48.3 Å². The highest BCUT2D eigenvalue weighted by atomic mass is 16.7. The number of H-pyrrole nitrogens is 1. The van der Waals surface area contributed by atoms with E-state index in [1.54, 1.807) is 12.4 Å². The molecule has 4 rings (SSSR count). The van der Waals surface area contributed by atoms with Crippen molar-refractivity contribution < 1.29 is 14.2 Å². The molecule has 0 radical (unpaired) electrons. The molecule has 1 saturated heterocycles. The van der Waals surface area contributed by atoms with Crippen molar-refractivity contribution in [2.24, 2.45) is 0 Å². The van der Waals surface area contributed by atoms with Gasteiger partial charge in [0, 0.05) is 18.0 Å². The molecule has 0 unspecified atom stereocenters. The highest BCUT2D eigenvalue weighted by Crippen LogP contribution is 2.32. The first-order chi connectivity index (χ1) is 14.9. The minimum Gasteiger partial charge on any atom is -0.440 e. The van der Waals surface area contributed by atoms with Gasteiger partial charge in [0.05, 0.1) is 25.3 Å². The first kappa shape index (κ1) is 21.0. The molecule has 1 aliphatic rings. The van der Waals surface area contributed by atoms with Crippen LogP contribution in [0.15, 0.2) is 52.3 Å². The number of aryl methyl sites for hydroxylation is 1. The number of aromatic nitrogens is 3. The summed E-state index contributed by atoms with van der Waals surface area (Å²) in [6.07, 6.45) is 2.86. The summed E-state index contributed by atoms with van der Waals surface area (Å²) in [6.45, 7) is 7.02. The summed E-state index contributed by atoms with van der Waals surface area (Å²) in [5.74, 6) is 0.573. The summed E-state index contributed by atoms with van der Waals surface area (Å²) in [4.78, 5) is 31.8. The van der Waals surface area contributed by atoms with Gasteiger partial charge in [0.15, 0.2) is 6.29 Å². The van der Waals surface area contributed by atoms with Crippen molar-refractivity contribution in [2.45, 2.75) is 39.5 Å². The fourth-order valence-corrected chi connectivity index (χ4v) is 3.63. The lowest BCUT2D eigenvalue weighted by Crippen LogP contribution is -2.34. The van der Waals surface area contributed by atoms with E-state index in [4.69, 9.17) is 14.2 Å². The van der Waals surface area contributed by atoms with Gasteiger partial charge in [0.2, 0.25) is 5.88 Å². The van der Waals surface area contributed by atoms with Crippen LogP contribution in [0.25, 0.3) is 0 Å². The molecule has 3 heterocycles. The van der Waals surface area contributed by atoms with Crippen molar-refractivity contribution in [3.05, 3.63) is 85.8 Å². The first-order valence-corrected chi connectivity index (χ1v) is 10.2. The van der Waals surface area contributed by atoms with Gasteiger partial charge in [-0.1, -0.05) is 19.9 Å². The third-order valence-corrected chi connectivity index (χ3v) is 5.03. The summed E-state index contributed by atoms with van der Waals surface area (Å²) in [5.41, 5.74) is 2.07. The Morgan fingerprint density at radius 3 is 2.55 bits per heavy atom. The molecular formula is C23H25N3O5. The van der Waals surface area contributed by atoms with Gasteiger partial charge in [-0.25, -0.2) is 4.79 Å². The lowest BCUT2D eigenvalue weighted by Gasteiger charge is -2.19. The average Bonchev–Trinajstić information content (AvgIpc) is 3.26. The van der Waals surface area contributed by atoms with Gasteiger partial charge in [-0.2, -0.15) is 0 Å². The molecule has 1 aromatic carbocycles. The second kappa shape index (κ2) is 8.87. The van der Waals surface area contributed by atoms with E-state index in [-0.39, 0.29) is 18.3 Å². The van der Waals surface area contributed by atoms with E-state index in [0.29, 0.717) is 24.5 Å². The van der Waals surface area contributed by atoms with Crippen LogP contribution in [-0.2, 0) is 16.0 Å². The molecule has 0 saturated carbocycles. The molecule has 162 valence electrons. The molecule has 31 heavy (non-hydrogen) atoms. The number of nitrogens with zero attached hydrogens (tertiary/aromatic N) is 2. The largest absolute Gasteiger partial charge is 0.440 e. The van der Waals surface area contributed by atoms with Crippen molar-refractivity contribution in [2.75, 3.05) is 13.2 Å². The quantitative estimate of drug-likeness (QED) is 0.654. The zero-order chi connectivity index (χ0) is 22.0. The summed E-state index contributed by atoms with van der Waals surface area (Å²) in [5, 5.41) is 0. The van der Waals surface area contributed by atoms with Crippen LogP contribution < -0.4 is 16.0 Å². The van der Waals surface area contributed by atoms with Gasteiger partial charge >= 0.3 is 5.69 Å². The van der Waals surface area contributed by atoms with E-state index in [2.05, 4.69) is 9.97 Å². The standard InChI is InChI=1S/C23H25N3O5/c1-14(2)19-20(27)25-23(28)26(13-16-4-6-24-7-5-16)21(19)31-18-11-15(3)10-17(12-18)22-29-8-9-30-22/h4-7,10-12,14,22H,8-9,13H2,1-3H3,(H,25,27,28). The zero-order valence-corrected chi connectivity index (χ0v) is 17.8. The molecule has 0 spiro atoms. The van der Waals surface area contributed by atoms with Gasteiger partial charge in [-0.3, -0.25) is 19.3 Å². The molecular weight excluding hydrogens is 398 g/mol. The summed E-state index contributed by atoms with van der Waals surface area (Å²) >= 11 is 0. The number of hydrogen-bond donors (Lipinski definition) is 1. The number of pyridine rings is 1. The van der Waals surface area contributed by atoms with Crippen LogP contribution >= 0.6 is 0 Å². The minimum absolute atomic E-state index is 0.159. The lowest BCUT2D eigenvalue weighted by molar-refractivity contribution is -0.0442. The molecule has 0 amide bonds. The van der Waals surface area contributed by atoms with Crippen molar-refractivity contribution in [3.8, 4) is 11.6 Å². The van der Waals surface area contributed by atoms with Crippen LogP contribution in [0.5, 0.6) is 11.6 Å². The van der Waals surface area contributed by atoms with E-state index in [1.807, 2.05) is 51.1 Å². The number of aromatic amines is 1. The van der Waals surface area contributed by atoms with Crippen molar-refractivity contribution in [3.63, 3.8) is 0 Å². The maximum atomic E-state index is 12.7. The third kappa shape index (κ3) is 4.60. The van der Waals surface area contributed by atoms with Crippen LogP contribution in [-0.4, -0.2) is 27.7 Å². The fraction of sp³-hybridized carbons (Fsp3) is 0.348. The fourth-order valence-electron chi connectivity index (χ4n) is 3.63. The second-order valence-corrected chi connectivity index (χ2v) is 7.83. The van der Waals surface area contributed by atoms with Crippen LogP contribution in [0, 0.1) is 6.92 Å². The zero-order valence-electron chi connectivity index (χ0n) is 17.8. The predicted molar refractivity (Wildman–Crippen MR) is 115 cm³/mol. The van der Waals surface area contributed by atoms with Gasteiger partial charge in [0.1, 0.15) is 5.75 Å². The van der Waals surface area contributed by atoms with Crippen molar-refractivity contribution >= 4 is 0 Å². The molecule has 1 fully saturated rings. The van der Waals surface area contributed by atoms with Gasteiger partial charge in [0.25, 0.3) is 5.56 Å². The molecule has 8 nitrogen and oxygen atoms in total. The molecule has 0 bridgehead atoms. The normalized spacial score (nSPS) is 14.3. The maximum Gasteiger partial charge on any atom is 0.331 e. The van der Waals surface area contributed by atoms with Crippen molar-refractivity contribution in [1.29, 1.82) is 0 Å². The Morgan fingerprint density at radius 1 is 1.16 bits per heavy atom. The van der Waals surface area contributed by atoms with E-state index < -0.39 is 17.5 Å². The molecule has 3 aromatic rings. The summed E-state index contributed by atoms with van der Waals surface area (Å²) in [6, 6.07) is 9.26. The van der Waals surface area contributed by atoms with Crippen molar-refractivity contribution in [1.82, 2.24) is 14.5 Å². The van der Waals surface area contributed by atoms with E-state index >= 15 is 0 Å². The number of rotatable bonds is 6. The van der Waals surface area contributed by atoms with Crippen LogP contribution in [0.3, 0.4) is 0 Å². The summed E-state index contributed by atoms with van der Waals surface area (Å²) < 4.78 is 18.9. The first-order valence-electron chi connectivity index (χ1n) is 10.2. The average molecular weight is 423 g/mol. The Hall–Kier alpha value is -3.23. The van der Waals surface area contributed by atoms with E-state index in [0.717, 1.165) is 16.7 Å². The molecule has 1 N–H and O–H groups in total. The molecule has 1 aliphatic heterocycles. The monoisotopic (exact) mass is 423 g/mol. The minimum atomic E-state index is -0.531. The van der Waals surface area contributed by atoms with Gasteiger partial charge in [-0.15, -0.1) is 0 Å². The molecule has 8 heteroatoms. The highest BCUT2D eigenvalue weighted by molar-refractivity contribution is 5.39. The molecule has 0 aliphatic carbocycles. The van der Waals surface area contributed by atoms with Crippen LogP contribution in [0.4, 0.5) is 0 Å². The Kier molecular flexibility index (Phi) is 6.01. The smallest absolute Gasteiger partial charge is 0.331 e. The highest BCUT2D eigenvalue weighted by Gasteiger charge is 2.22. The molecule has 2 aromatic heterocycles. The van der Waals surface area contributed by atoms with E-state index in [9.17, 15) is 9.59 Å². The number of hydrogen-bond acceptors (Lipinski definition) is 6. The second-order valence-electron chi connectivity index (χ2n) is 7.83. The Balaban J connectivity index is 1.81. The van der Waals surface area contributed by atoms with E-state index in [1.165, 1.54) is 4.57 Å². The van der Waals surface area contributed by atoms with Crippen LogP contribution in [0.2, 0.25) is 0 Å². The Morgan fingerprint density at radius 2 is 1.87 bits per heavy atom. The molecule has 0 atom stereocenters.